The number of likely N-dealkylation sites (N-methyl/N-ethyl adjacent to an activating group) is 1. The molecule has 0 spiro atoms. The Morgan fingerprint density at radius 3 is 2.63 bits per heavy atom. The van der Waals surface area contributed by atoms with E-state index >= 15 is 0 Å². The van der Waals surface area contributed by atoms with E-state index < -0.39 is 0 Å². The van der Waals surface area contributed by atoms with Gasteiger partial charge in [-0.25, -0.2) is 0 Å². The molecule has 0 atom stereocenters. The summed E-state index contributed by atoms with van der Waals surface area (Å²) in [6, 6.07) is 13.9. The number of hydrogen-bond acceptors (Lipinski definition) is 2. The van der Waals surface area contributed by atoms with Crippen molar-refractivity contribution in [1.82, 2.24) is 4.90 Å². The van der Waals surface area contributed by atoms with Crippen LogP contribution in [0.1, 0.15) is 17.4 Å². The summed E-state index contributed by atoms with van der Waals surface area (Å²) < 4.78 is 0. The Bertz CT molecular complexity index is 531. The maximum atomic E-state index is 12.1. The summed E-state index contributed by atoms with van der Waals surface area (Å²) in [5.41, 5.74) is 1.04. The van der Waals surface area contributed by atoms with Gasteiger partial charge in [-0.1, -0.05) is 36.4 Å². The van der Waals surface area contributed by atoms with Gasteiger partial charge in [0.1, 0.15) is 0 Å². The third kappa shape index (κ3) is 4.07. The van der Waals surface area contributed by atoms with E-state index in [0.29, 0.717) is 6.54 Å². The number of rotatable bonds is 5. The first-order valence-corrected chi connectivity index (χ1v) is 7.22. The van der Waals surface area contributed by atoms with Crippen LogP contribution in [0.3, 0.4) is 0 Å². The fraction of sp³-hybridized carbons (Fsp3) is 0.188. The number of nitrogens with zero attached hydrogens (tertiary/aromatic N) is 1. The van der Waals surface area contributed by atoms with E-state index in [4.69, 9.17) is 0 Å². The Kier molecular flexibility index (Phi) is 4.93. The number of hydrogen-bond donors (Lipinski definition) is 0. The molecule has 0 aliphatic carbocycles. The molecule has 0 radical (unpaired) electrons. The van der Waals surface area contributed by atoms with Gasteiger partial charge in [-0.3, -0.25) is 4.79 Å². The van der Waals surface area contributed by atoms with E-state index in [1.807, 2.05) is 59.7 Å². The molecule has 19 heavy (non-hydrogen) atoms. The van der Waals surface area contributed by atoms with Gasteiger partial charge in [0, 0.05) is 17.5 Å². The van der Waals surface area contributed by atoms with Crippen molar-refractivity contribution < 1.29 is 4.79 Å². The van der Waals surface area contributed by atoms with Gasteiger partial charge in [-0.2, -0.15) is 0 Å². The van der Waals surface area contributed by atoms with Gasteiger partial charge in [-0.05, 0) is 30.0 Å². The maximum Gasteiger partial charge on any atom is 0.246 e. The normalized spacial score (nSPS) is 10.8. The topological polar surface area (TPSA) is 20.3 Å². The summed E-state index contributed by atoms with van der Waals surface area (Å²) in [6.07, 6.45) is 3.51. The van der Waals surface area contributed by atoms with Crippen LogP contribution in [0.5, 0.6) is 0 Å². The van der Waals surface area contributed by atoms with E-state index in [2.05, 4.69) is 6.07 Å². The Morgan fingerprint density at radius 1 is 1.21 bits per heavy atom. The van der Waals surface area contributed by atoms with Crippen molar-refractivity contribution in [3.05, 3.63) is 64.4 Å². The molecular weight excluding hydrogens is 254 g/mol. The molecular formula is C16H17NOS. The summed E-state index contributed by atoms with van der Waals surface area (Å²) in [6.45, 7) is 3.41. The third-order valence-corrected chi connectivity index (χ3v) is 3.70. The minimum absolute atomic E-state index is 0.0553. The molecule has 0 aliphatic heterocycles. The Morgan fingerprint density at radius 2 is 2.00 bits per heavy atom. The maximum absolute atomic E-state index is 12.1. The molecule has 3 heteroatoms. The van der Waals surface area contributed by atoms with Crippen LogP contribution < -0.4 is 0 Å². The minimum atomic E-state index is 0.0553. The number of thiophene rings is 1. The van der Waals surface area contributed by atoms with E-state index in [9.17, 15) is 4.79 Å². The first kappa shape index (κ1) is 13.6. The molecule has 0 fully saturated rings. The van der Waals surface area contributed by atoms with Crippen LogP contribution in [-0.2, 0) is 11.3 Å². The van der Waals surface area contributed by atoms with Crippen molar-refractivity contribution in [2.24, 2.45) is 0 Å². The Balaban J connectivity index is 1.99. The zero-order valence-electron chi connectivity index (χ0n) is 11.0. The van der Waals surface area contributed by atoms with Gasteiger partial charge in [0.05, 0.1) is 6.54 Å². The minimum Gasteiger partial charge on any atom is -0.334 e. The Hall–Kier alpha value is -1.87. The van der Waals surface area contributed by atoms with E-state index in [1.54, 1.807) is 17.4 Å². The lowest BCUT2D eigenvalue weighted by Crippen LogP contribution is -2.28. The molecule has 1 aromatic heterocycles. The summed E-state index contributed by atoms with van der Waals surface area (Å²) >= 11 is 1.68. The van der Waals surface area contributed by atoms with Crippen LogP contribution in [0.15, 0.2) is 53.9 Å². The van der Waals surface area contributed by atoms with Crippen molar-refractivity contribution in [2.75, 3.05) is 6.54 Å². The van der Waals surface area contributed by atoms with Crippen LogP contribution >= 0.6 is 11.3 Å². The molecule has 2 aromatic rings. The summed E-state index contributed by atoms with van der Waals surface area (Å²) in [7, 11) is 0. The molecule has 0 aliphatic rings. The van der Waals surface area contributed by atoms with E-state index in [0.717, 1.165) is 12.1 Å². The monoisotopic (exact) mass is 271 g/mol. The fourth-order valence-corrected chi connectivity index (χ4v) is 2.49. The molecule has 1 aromatic carbocycles. The molecule has 0 unspecified atom stereocenters. The molecule has 1 heterocycles. The van der Waals surface area contributed by atoms with Crippen molar-refractivity contribution >= 4 is 23.3 Å². The van der Waals surface area contributed by atoms with Crippen molar-refractivity contribution in [1.29, 1.82) is 0 Å². The molecule has 0 saturated carbocycles. The van der Waals surface area contributed by atoms with Crippen LogP contribution in [0, 0.1) is 0 Å². The van der Waals surface area contributed by atoms with Crippen LogP contribution in [0.2, 0.25) is 0 Å². The fourth-order valence-electron chi connectivity index (χ4n) is 1.77. The largest absolute Gasteiger partial charge is 0.334 e. The van der Waals surface area contributed by atoms with Gasteiger partial charge in [0.25, 0.3) is 0 Å². The average molecular weight is 271 g/mol. The predicted octanol–water partition coefficient (Wildman–Crippen LogP) is 3.81. The molecule has 2 rings (SSSR count). The molecule has 1 amide bonds. The quantitative estimate of drug-likeness (QED) is 0.757. The molecule has 2 nitrogen and oxygen atoms in total. The highest BCUT2D eigenvalue weighted by molar-refractivity contribution is 7.09. The van der Waals surface area contributed by atoms with Gasteiger partial charge < -0.3 is 4.90 Å². The Labute approximate surface area is 118 Å². The molecule has 0 bridgehead atoms. The highest BCUT2D eigenvalue weighted by Crippen LogP contribution is 2.12. The van der Waals surface area contributed by atoms with E-state index in [1.165, 1.54) is 4.88 Å². The second kappa shape index (κ2) is 6.90. The standard InChI is InChI=1S/C16H17NOS/c1-2-17(13-15-9-6-12-19-15)16(18)11-10-14-7-4-3-5-8-14/h3-12H,2,13H2,1H3. The van der Waals surface area contributed by atoms with Gasteiger partial charge in [-0.15, -0.1) is 11.3 Å². The second-order valence-electron chi connectivity index (χ2n) is 4.18. The number of benzene rings is 1. The first-order valence-electron chi connectivity index (χ1n) is 6.34. The summed E-state index contributed by atoms with van der Waals surface area (Å²) in [4.78, 5) is 15.2. The second-order valence-corrected chi connectivity index (χ2v) is 5.21. The molecule has 0 saturated heterocycles. The van der Waals surface area contributed by atoms with Crippen LogP contribution in [0.4, 0.5) is 0 Å². The summed E-state index contributed by atoms with van der Waals surface area (Å²) in [5.74, 6) is 0.0553. The average Bonchev–Trinajstić information content (AvgIpc) is 2.96. The van der Waals surface area contributed by atoms with Crippen molar-refractivity contribution in [3.8, 4) is 0 Å². The highest BCUT2D eigenvalue weighted by atomic mass is 32.1. The number of carbonyl (C=O) groups excluding carboxylic acids is 1. The highest BCUT2D eigenvalue weighted by Gasteiger charge is 2.09. The third-order valence-electron chi connectivity index (χ3n) is 2.84. The predicted molar refractivity (Wildman–Crippen MR) is 80.9 cm³/mol. The van der Waals surface area contributed by atoms with Gasteiger partial charge >= 0.3 is 0 Å². The van der Waals surface area contributed by atoms with Crippen molar-refractivity contribution in [3.63, 3.8) is 0 Å². The van der Waals surface area contributed by atoms with E-state index in [-0.39, 0.29) is 5.91 Å². The SMILES string of the molecule is CCN(Cc1cccs1)C(=O)C=Cc1ccccc1. The first-order chi connectivity index (χ1) is 9.29. The van der Waals surface area contributed by atoms with Crippen LogP contribution in [0.25, 0.3) is 6.08 Å². The zero-order valence-corrected chi connectivity index (χ0v) is 11.8. The lowest BCUT2D eigenvalue weighted by atomic mass is 10.2. The van der Waals surface area contributed by atoms with Gasteiger partial charge in [0.15, 0.2) is 0 Å². The lowest BCUT2D eigenvalue weighted by molar-refractivity contribution is -0.126. The molecule has 98 valence electrons. The van der Waals surface area contributed by atoms with Gasteiger partial charge in [0.2, 0.25) is 5.91 Å². The van der Waals surface area contributed by atoms with Crippen LogP contribution in [-0.4, -0.2) is 17.4 Å². The lowest BCUT2D eigenvalue weighted by Gasteiger charge is -2.18. The molecule has 0 N–H and O–H groups in total. The van der Waals surface area contributed by atoms with Crippen molar-refractivity contribution in [2.45, 2.75) is 13.5 Å². The number of carbonyl (C=O) groups is 1. The zero-order chi connectivity index (χ0) is 13.5. The summed E-state index contributed by atoms with van der Waals surface area (Å²) in [5, 5.41) is 2.04. The number of amides is 1. The smallest absolute Gasteiger partial charge is 0.246 e.